The summed E-state index contributed by atoms with van der Waals surface area (Å²) in [7, 11) is 0. The van der Waals surface area contributed by atoms with E-state index >= 15 is 0 Å². The van der Waals surface area contributed by atoms with Crippen LogP contribution in [-0.2, 0) is 6.54 Å². The van der Waals surface area contributed by atoms with Crippen molar-refractivity contribution in [2.45, 2.75) is 38.8 Å². The molecule has 35 heavy (non-hydrogen) atoms. The number of aromatic nitrogens is 3. The van der Waals surface area contributed by atoms with E-state index in [1.165, 1.54) is 16.8 Å². The van der Waals surface area contributed by atoms with Crippen LogP contribution in [0.3, 0.4) is 0 Å². The highest BCUT2D eigenvalue weighted by molar-refractivity contribution is 5.86. The van der Waals surface area contributed by atoms with Crippen LogP contribution in [0.15, 0.2) is 66.0 Å². The maximum Gasteiger partial charge on any atom is 0.180 e. The molecule has 0 atom stereocenters. The molecule has 2 aliphatic rings. The Hall–Kier alpha value is -3.71. The quantitative estimate of drug-likeness (QED) is 0.430. The standard InChI is InChI=1S/C28H30N6O/c1-28(2,35)22-9-12-33(13-10-22)24-7-5-23(6-8-24)31-26-27-30-11-14-34(27)18-25(32-26)19-3-4-20-16-29-17-21(20)15-19/h3-8,11,14-16,18,22,35H,9-10,12-13,17H2,1-2H3,(H,31,32). The predicted octanol–water partition coefficient (Wildman–Crippen LogP) is 5.06. The van der Waals surface area contributed by atoms with Crippen molar-refractivity contribution in [3.8, 4) is 11.3 Å². The van der Waals surface area contributed by atoms with E-state index in [0.717, 1.165) is 60.9 Å². The first kappa shape index (κ1) is 21.8. The van der Waals surface area contributed by atoms with Crippen molar-refractivity contribution in [1.82, 2.24) is 14.4 Å². The van der Waals surface area contributed by atoms with E-state index in [1.54, 1.807) is 6.20 Å². The first-order valence-corrected chi connectivity index (χ1v) is 12.3. The number of imidazole rings is 1. The molecule has 178 valence electrons. The van der Waals surface area contributed by atoms with Gasteiger partial charge in [-0.25, -0.2) is 9.97 Å². The normalized spacial score (nSPS) is 16.1. The molecular weight excluding hydrogens is 436 g/mol. The fourth-order valence-corrected chi connectivity index (χ4v) is 5.16. The van der Waals surface area contributed by atoms with Gasteiger partial charge in [-0.05, 0) is 74.1 Å². The fraction of sp³-hybridized carbons (Fsp3) is 0.321. The molecule has 0 radical (unpaired) electrons. The van der Waals surface area contributed by atoms with E-state index in [1.807, 2.05) is 36.9 Å². The Morgan fingerprint density at radius 3 is 2.63 bits per heavy atom. The molecule has 2 aromatic carbocycles. The second-order valence-corrected chi connectivity index (χ2v) is 10.1. The summed E-state index contributed by atoms with van der Waals surface area (Å²) < 4.78 is 2.01. The van der Waals surface area contributed by atoms with E-state index in [4.69, 9.17) is 4.98 Å². The van der Waals surface area contributed by atoms with Crippen LogP contribution in [0.25, 0.3) is 16.9 Å². The molecule has 0 aliphatic carbocycles. The van der Waals surface area contributed by atoms with E-state index in [9.17, 15) is 5.11 Å². The third kappa shape index (κ3) is 4.28. The van der Waals surface area contributed by atoms with Gasteiger partial charge in [0.2, 0.25) is 0 Å². The molecule has 7 heteroatoms. The minimum atomic E-state index is -0.604. The molecule has 4 aromatic rings. The summed E-state index contributed by atoms with van der Waals surface area (Å²) in [6.07, 6.45) is 9.70. The Balaban J connectivity index is 1.22. The van der Waals surface area contributed by atoms with E-state index < -0.39 is 5.60 Å². The van der Waals surface area contributed by atoms with Gasteiger partial charge in [0, 0.05) is 54.8 Å². The zero-order valence-electron chi connectivity index (χ0n) is 20.1. The number of hydrogen-bond acceptors (Lipinski definition) is 6. The minimum Gasteiger partial charge on any atom is -0.390 e. The number of aliphatic imine (C=N–C) groups is 1. The van der Waals surface area contributed by atoms with Gasteiger partial charge in [0.25, 0.3) is 0 Å². The Bertz CT molecular complexity index is 1390. The zero-order chi connectivity index (χ0) is 24.0. The third-order valence-corrected chi connectivity index (χ3v) is 7.29. The van der Waals surface area contributed by atoms with Gasteiger partial charge < -0.3 is 19.7 Å². The summed E-state index contributed by atoms with van der Waals surface area (Å²) in [6.45, 7) is 6.50. The minimum absolute atomic E-state index is 0.355. The number of benzene rings is 2. The molecule has 1 fully saturated rings. The molecule has 0 amide bonds. The number of aliphatic hydroxyl groups is 1. The predicted molar refractivity (Wildman–Crippen MR) is 141 cm³/mol. The summed E-state index contributed by atoms with van der Waals surface area (Å²) >= 11 is 0. The summed E-state index contributed by atoms with van der Waals surface area (Å²) in [5.74, 6) is 1.08. The number of fused-ring (bicyclic) bond motifs is 2. The smallest absolute Gasteiger partial charge is 0.180 e. The summed E-state index contributed by atoms with van der Waals surface area (Å²) in [6, 6.07) is 14.9. The monoisotopic (exact) mass is 466 g/mol. The van der Waals surface area contributed by atoms with E-state index in [-0.39, 0.29) is 0 Å². The van der Waals surface area contributed by atoms with Gasteiger partial charge in [0.05, 0.1) is 17.8 Å². The van der Waals surface area contributed by atoms with Crippen LogP contribution in [0.4, 0.5) is 17.2 Å². The lowest BCUT2D eigenvalue weighted by molar-refractivity contribution is 0.00651. The second kappa shape index (κ2) is 8.50. The molecule has 1 saturated heterocycles. The SMILES string of the molecule is CC(C)(O)C1CCN(c2ccc(Nc3nc(-c4ccc5c(c4)CN=C5)cn4ccnc34)cc2)CC1. The first-order valence-electron chi connectivity index (χ1n) is 12.3. The number of anilines is 3. The molecular formula is C28H30N6O. The van der Waals surface area contributed by atoms with Crippen molar-refractivity contribution in [2.75, 3.05) is 23.3 Å². The van der Waals surface area contributed by atoms with Gasteiger partial charge in [-0.3, -0.25) is 4.99 Å². The van der Waals surface area contributed by atoms with Gasteiger partial charge in [-0.2, -0.15) is 0 Å². The van der Waals surface area contributed by atoms with E-state index in [0.29, 0.717) is 5.92 Å². The highest BCUT2D eigenvalue weighted by atomic mass is 16.3. The summed E-state index contributed by atoms with van der Waals surface area (Å²) in [4.78, 5) is 16.2. The lowest BCUT2D eigenvalue weighted by Gasteiger charge is -2.38. The van der Waals surface area contributed by atoms with Gasteiger partial charge in [-0.15, -0.1) is 0 Å². The molecule has 0 bridgehead atoms. The third-order valence-electron chi connectivity index (χ3n) is 7.29. The summed E-state index contributed by atoms with van der Waals surface area (Å²) in [5.41, 5.74) is 6.72. The second-order valence-electron chi connectivity index (χ2n) is 10.1. The Kier molecular flexibility index (Phi) is 5.29. The molecule has 2 aliphatic heterocycles. The van der Waals surface area contributed by atoms with Gasteiger partial charge in [0.1, 0.15) is 0 Å². The number of rotatable bonds is 5. The molecule has 6 rings (SSSR count). The van der Waals surface area contributed by atoms with Crippen LogP contribution < -0.4 is 10.2 Å². The maximum atomic E-state index is 10.3. The molecule has 2 N–H and O–H groups in total. The lowest BCUT2D eigenvalue weighted by Crippen LogP contribution is -2.41. The Labute approximate surface area is 205 Å². The number of nitrogens with zero attached hydrogens (tertiary/aromatic N) is 5. The number of nitrogens with one attached hydrogen (secondary N) is 1. The summed E-state index contributed by atoms with van der Waals surface area (Å²) in [5, 5.41) is 13.8. The molecule has 0 unspecified atom stereocenters. The van der Waals surface area contributed by atoms with Crippen molar-refractivity contribution in [3.63, 3.8) is 0 Å². The van der Waals surface area contributed by atoms with Crippen molar-refractivity contribution in [2.24, 2.45) is 10.9 Å². The van der Waals surface area contributed by atoms with Crippen LogP contribution in [0.2, 0.25) is 0 Å². The van der Waals surface area contributed by atoms with Gasteiger partial charge >= 0.3 is 0 Å². The molecule has 7 nitrogen and oxygen atoms in total. The van der Waals surface area contributed by atoms with Crippen molar-refractivity contribution < 1.29 is 5.11 Å². The van der Waals surface area contributed by atoms with Crippen LogP contribution >= 0.6 is 0 Å². The van der Waals surface area contributed by atoms with Crippen LogP contribution in [0.5, 0.6) is 0 Å². The highest BCUT2D eigenvalue weighted by Gasteiger charge is 2.30. The number of hydrogen-bond donors (Lipinski definition) is 2. The molecule has 0 saturated carbocycles. The van der Waals surface area contributed by atoms with Crippen LogP contribution in [0, 0.1) is 5.92 Å². The molecule has 4 heterocycles. The van der Waals surface area contributed by atoms with Gasteiger partial charge in [0.15, 0.2) is 11.5 Å². The van der Waals surface area contributed by atoms with Crippen molar-refractivity contribution >= 4 is 29.1 Å². The Morgan fingerprint density at radius 1 is 1.06 bits per heavy atom. The molecule has 2 aromatic heterocycles. The van der Waals surface area contributed by atoms with Gasteiger partial charge in [-0.1, -0.05) is 12.1 Å². The van der Waals surface area contributed by atoms with Crippen LogP contribution in [0.1, 0.15) is 37.8 Å². The Morgan fingerprint density at radius 2 is 1.86 bits per heavy atom. The average Bonchev–Trinajstić information content (AvgIpc) is 3.53. The van der Waals surface area contributed by atoms with Crippen molar-refractivity contribution in [1.29, 1.82) is 0 Å². The zero-order valence-corrected chi connectivity index (χ0v) is 20.1. The highest BCUT2D eigenvalue weighted by Crippen LogP contribution is 2.32. The maximum absolute atomic E-state index is 10.3. The van der Waals surface area contributed by atoms with E-state index in [2.05, 4.69) is 62.7 Å². The van der Waals surface area contributed by atoms with Crippen LogP contribution in [-0.4, -0.2) is 44.4 Å². The lowest BCUT2D eigenvalue weighted by atomic mass is 9.83. The fourth-order valence-electron chi connectivity index (χ4n) is 5.16. The first-order chi connectivity index (χ1) is 16.9. The topological polar surface area (TPSA) is 78.0 Å². The molecule has 0 spiro atoms. The average molecular weight is 467 g/mol. The number of piperidine rings is 1. The van der Waals surface area contributed by atoms with Crippen molar-refractivity contribution in [3.05, 3.63) is 72.2 Å². The largest absolute Gasteiger partial charge is 0.390 e.